The van der Waals surface area contributed by atoms with Crippen LogP contribution in [0.2, 0.25) is 0 Å². The Morgan fingerprint density at radius 2 is 2.40 bits per heavy atom. The number of imidazole rings is 1. The summed E-state index contributed by atoms with van der Waals surface area (Å²) in [7, 11) is 0. The molecule has 4 heteroatoms. The van der Waals surface area contributed by atoms with Crippen molar-refractivity contribution in [1.82, 2.24) is 9.55 Å². The maximum atomic E-state index is 8.75. The Morgan fingerprint density at radius 1 is 1.60 bits per heavy atom. The molecule has 15 heavy (non-hydrogen) atoms. The Kier molecular flexibility index (Phi) is 2.74. The van der Waals surface area contributed by atoms with E-state index in [9.17, 15) is 0 Å². The van der Waals surface area contributed by atoms with Gasteiger partial charge in [-0.05, 0) is 19.4 Å². The van der Waals surface area contributed by atoms with Gasteiger partial charge >= 0.3 is 0 Å². The van der Waals surface area contributed by atoms with E-state index in [2.05, 4.69) is 15.6 Å². The number of aromatic nitrogens is 2. The molecule has 0 bridgehead atoms. The van der Waals surface area contributed by atoms with Gasteiger partial charge in [-0.2, -0.15) is 5.26 Å². The highest BCUT2D eigenvalue weighted by molar-refractivity contribution is 5.03. The Morgan fingerprint density at radius 3 is 3.00 bits per heavy atom. The van der Waals surface area contributed by atoms with Crippen molar-refractivity contribution in [1.29, 1.82) is 5.26 Å². The van der Waals surface area contributed by atoms with Crippen molar-refractivity contribution < 1.29 is 0 Å². The molecule has 1 aliphatic rings. The van der Waals surface area contributed by atoms with Crippen LogP contribution in [0, 0.1) is 16.7 Å². The second-order valence-corrected chi connectivity index (χ2v) is 4.34. The fraction of sp³-hybridized carbons (Fsp3) is 0.636. The van der Waals surface area contributed by atoms with Gasteiger partial charge in [0.25, 0.3) is 0 Å². The highest BCUT2D eigenvalue weighted by Gasteiger charge is 2.42. The van der Waals surface area contributed by atoms with Gasteiger partial charge in [0.05, 0.1) is 6.07 Å². The molecule has 1 aromatic heterocycles. The van der Waals surface area contributed by atoms with Crippen LogP contribution in [0.15, 0.2) is 12.4 Å². The summed E-state index contributed by atoms with van der Waals surface area (Å²) in [5.74, 6) is 1.04. The third-order valence-electron chi connectivity index (χ3n) is 3.09. The van der Waals surface area contributed by atoms with E-state index in [1.54, 1.807) is 0 Å². The Balaban J connectivity index is 2.04. The molecule has 1 fully saturated rings. The first-order valence-electron chi connectivity index (χ1n) is 5.37. The molecule has 0 atom stereocenters. The number of nitriles is 1. The van der Waals surface area contributed by atoms with E-state index in [1.165, 1.54) is 12.8 Å². The number of rotatable bonds is 5. The van der Waals surface area contributed by atoms with E-state index < -0.39 is 0 Å². The molecule has 0 saturated heterocycles. The van der Waals surface area contributed by atoms with Gasteiger partial charge in [0.2, 0.25) is 0 Å². The summed E-state index contributed by atoms with van der Waals surface area (Å²) in [5, 5.41) is 8.75. The van der Waals surface area contributed by atoms with Crippen LogP contribution in [-0.4, -0.2) is 16.1 Å². The van der Waals surface area contributed by atoms with Gasteiger partial charge in [-0.15, -0.1) is 0 Å². The van der Waals surface area contributed by atoms with Gasteiger partial charge in [-0.3, -0.25) is 0 Å². The Hall–Kier alpha value is -1.34. The van der Waals surface area contributed by atoms with Crippen LogP contribution in [-0.2, 0) is 13.0 Å². The molecule has 0 unspecified atom stereocenters. The van der Waals surface area contributed by atoms with E-state index in [0.29, 0.717) is 13.0 Å². The predicted octanol–water partition coefficient (Wildman–Crippen LogP) is 1.08. The van der Waals surface area contributed by atoms with Crippen LogP contribution in [0.5, 0.6) is 0 Å². The van der Waals surface area contributed by atoms with Crippen molar-refractivity contribution in [2.24, 2.45) is 11.1 Å². The highest BCUT2D eigenvalue weighted by atomic mass is 15.1. The van der Waals surface area contributed by atoms with Crippen LogP contribution >= 0.6 is 0 Å². The van der Waals surface area contributed by atoms with Crippen LogP contribution in [0.3, 0.4) is 0 Å². The molecular formula is C11H16N4. The number of nitrogens with zero attached hydrogens (tertiary/aromatic N) is 3. The molecule has 1 aliphatic carbocycles. The monoisotopic (exact) mass is 204 g/mol. The molecule has 4 nitrogen and oxygen atoms in total. The summed E-state index contributed by atoms with van der Waals surface area (Å²) in [6.07, 6.45) is 7.61. The maximum absolute atomic E-state index is 8.75. The minimum Gasteiger partial charge on any atom is -0.334 e. The average molecular weight is 204 g/mol. The van der Waals surface area contributed by atoms with Crippen molar-refractivity contribution in [3.8, 4) is 6.07 Å². The first kappa shape index (κ1) is 10.2. The van der Waals surface area contributed by atoms with Crippen molar-refractivity contribution in [2.45, 2.75) is 32.2 Å². The molecule has 2 rings (SSSR count). The van der Waals surface area contributed by atoms with Crippen LogP contribution in [0.25, 0.3) is 0 Å². The lowest BCUT2D eigenvalue weighted by molar-refractivity contribution is 0.422. The first-order valence-corrected chi connectivity index (χ1v) is 5.37. The van der Waals surface area contributed by atoms with Gasteiger partial charge in [0, 0.05) is 37.2 Å². The highest BCUT2D eigenvalue weighted by Crippen LogP contribution is 2.50. The van der Waals surface area contributed by atoms with Gasteiger partial charge in [0.15, 0.2) is 0 Å². The zero-order chi connectivity index (χ0) is 10.7. The lowest BCUT2D eigenvalue weighted by atomic mass is 10.0. The topological polar surface area (TPSA) is 67.6 Å². The third kappa shape index (κ3) is 2.18. The number of hydrogen-bond donors (Lipinski definition) is 1. The van der Waals surface area contributed by atoms with Crippen molar-refractivity contribution in [3.05, 3.63) is 18.2 Å². The molecule has 0 aliphatic heterocycles. The fourth-order valence-electron chi connectivity index (χ4n) is 1.94. The van der Waals surface area contributed by atoms with Crippen LogP contribution < -0.4 is 5.73 Å². The summed E-state index contributed by atoms with van der Waals surface area (Å²) in [6.45, 7) is 1.55. The second kappa shape index (κ2) is 4.03. The number of hydrogen-bond acceptors (Lipinski definition) is 3. The minimum atomic E-state index is 0.235. The molecule has 0 spiro atoms. The lowest BCUT2D eigenvalue weighted by Gasteiger charge is -2.14. The van der Waals surface area contributed by atoms with E-state index in [1.807, 2.05) is 12.4 Å². The zero-order valence-corrected chi connectivity index (χ0v) is 8.82. The van der Waals surface area contributed by atoms with Crippen LogP contribution in [0.4, 0.5) is 0 Å². The molecule has 1 aromatic rings. The van der Waals surface area contributed by atoms with Crippen molar-refractivity contribution >= 4 is 0 Å². The smallest absolute Gasteiger partial charge is 0.109 e. The summed E-state index contributed by atoms with van der Waals surface area (Å²) in [4.78, 5) is 4.28. The summed E-state index contributed by atoms with van der Waals surface area (Å²) < 4.78 is 2.15. The quantitative estimate of drug-likeness (QED) is 0.780. The van der Waals surface area contributed by atoms with E-state index in [0.717, 1.165) is 18.8 Å². The second-order valence-electron chi connectivity index (χ2n) is 4.34. The van der Waals surface area contributed by atoms with Crippen molar-refractivity contribution in [3.63, 3.8) is 0 Å². The van der Waals surface area contributed by atoms with E-state index >= 15 is 0 Å². The largest absolute Gasteiger partial charge is 0.334 e. The summed E-state index contributed by atoms with van der Waals surface area (Å²) >= 11 is 0. The van der Waals surface area contributed by atoms with Gasteiger partial charge in [0.1, 0.15) is 5.82 Å². The third-order valence-corrected chi connectivity index (χ3v) is 3.09. The van der Waals surface area contributed by atoms with E-state index in [-0.39, 0.29) is 5.41 Å². The molecule has 0 amide bonds. The minimum absolute atomic E-state index is 0.235. The summed E-state index contributed by atoms with van der Waals surface area (Å²) in [6, 6.07) is 2.28. The molecule has 0 radical (unpaired) electrons. The van der Waals surface area contributed by atoms with Gasteiger partial charge < -0.3 is 10.3 Å². The molecule has 0 aromatic carbocycles. The molecule has 80 valence electrons. The predicted molar refractivity (Wildman–Crippen MR) is 56.9 cm³/mol. The van der Waals surface area contributed by atoms with Gasteiger partial charge in [-0.25, -0.2) is 4.98 Å². The Labute approximate surface area is 89.7 Å². The SMILES string of the molecule is N#CCC1(Cn2ccnc2CCN)CC1. The zero-order valence-electron chi connectivity index (χ0n) is 8.82. The average Bonchev–Trinajstić information content (AvgIpc) is 2.83. The first-order chi connectivity index (χ1) is 7.29. The van der Waals surface area contributed by atoms with Crippen molar-refractivity contribution in [2.75, 3.05) is 6.54 Å². The standard InChI is InChI=1S/C11H16N4/c12-5-1-10-14-7-8-15(10)9-11(2-3-11)4-6-13/h7-8H,1-5,9,12H2. The molecule has 1 heterocycles. The molecule has 1 saturated carbocycles. The maximum Gasteiger partial charge on any atom is 0.109 e. The normalized spacial score (nSPS) is 17.3. The Bertz CT molecular complexity index is 370. The fourth-order valence-corrected chi connectivity index (χ4v) is 1.94. The summed E-state index contributed by atoms with van der Waals surface area (Å²) in [5.41, 5.74) is 5.76. The van der Waals surface area contributed by atoms with Crippen LogP contribution in [0.1, 0.15) is 25.1 Å². The molecule has 2 N–H and O–H groups in total. The number of nitrogens with two attached hydrogens (primary N) is 1. The van der Waals surface area contributed by atoms with E-state index in [4.69, 9.17) is 11.0 Å². The lowest BCUT2D eigenvalue weighted by Crippen LogP contribution is -2.15. The van der Waals surface area contributed by atoms with Gasteiger partial charge in [-0.1, -0.05) is 0 Å². The molecular weight excluding hydrogens is 188 g/mol.